The van der Waals surface area contributed by atoms with Crippen LogP contribution in [0, 0.1) is 6.92 Å². The maximum absolute atomic E-state index is 11.1. The molecular formula is C13H10N2O4S. The van der Waals surface area contributed by atoms with E-state index < -0.39 is 10.1 Å². The molecule has 0 saturated heterocycles. The summed E-state index contributed by atoms with van der Waals surface area (Å²) >= 11 is 0. The van der Waals surface area contributed by atoms with Gasteiger partial charge in [0.15, 0.2) is 0 Å². The van der Waals surface area contributed by atoms with Crippen LogP contribution in [0.2, 0.25) is 0 Å². The van der Waals surface area contributed by atoms with Crippen LogP contribution in [0.5, 0.6) is 5.75 Å². The summed E-state index contributed by atoms with van der Waals surface area (Å²) in [6, 6.07) is 7.15. The molecule has 6 nitrogen and oxygen atoms in total. The normalized spacial score (nSPS) is 12.1. The van der Waals surface area contributed by atoms with Gasteiger partial charge < -0.3 is 5.11 Å². The molecule has 0 aliphatic rings. The standard InChI is InChI=1S/C13H10N2O4S/c1-7-4-10-12(6-13(7)16)14-9-3-2-8(20(17,18)19)5-11(9)15-10/h2-6,16H,1H3,(H,17,18,19). The van der Waals surface area contributed by atoms with Crippen molar-refractivity contribution in [2.45, 2.75) is 11.8 Å². The van der Waals surface area contributed by atoms with Crippen molar-refractivity contribution in [3.8, 4) is 5.75 Å². The van der Waals surface area contributed by atoms with E-state index in [1.807, 2.05) is 0 Å². The number of hydrogen-bond donors (Lipinski definition) is 2. The topological polar surface area (TPSA) is 100 Å². The fraction of sp³-hybridized carbons (Fsp3) is 0.0769. The van der Waals surface area contributed by atoms with Gasteiger partial charge in [0.2, 0.25) is 0 Å². The van der Waals surface area contributed by atoms with E-state index in [0.717, 1.165) is 0 Å². The number of benzene rings is 2. The largest absolute Gasteiger partial charge is 0.508 e. The molecule has 3 rings (SSSR count). The van der Waals surface area contributed by atoms with Crippen molar-refractivity contribution in [3.05, 3.63) is 35.9 Å². The Morgan fingerprint density at radius 2 is 1.55 bits per heavy atom. The van der Waals surface area contributed by atoms with E-state index in [2.05, 4.69) is 9.97 Å². The van der Waals surface area contributed by atoms with E-state index in [1.54, 1.807) is 13.0 Å². The predicted octanol–water partition coefficient (Wildman–Crippen LogP) is 2.04. The molecule has 20 heavy (non-hydrogen) atoms. The number of aromatic nitrogens is 2. The second kappa shape index (κ2) is 4.12. The molecule has 7 heteroatoms. The van der Waals surface area contributed by atoms with Gasteiger partial charge in [0.05, 0.1) is 27.0 Å². The second-order valence-electron chi connectivity index (χ2n) is 4.48. The molecule has 0 saturated carbocycles. The van der Waals surface area contributed by atoms with Gasteiger partial charge in [-0.1, -0.05) is 0 Å². The molecule has 3 aromatic rings. The van der Waals surface area contributed by atoms with E-state index in [0.29, 0.717) is 27.6 Å². The third-order valence-electron chi connectivity index (χ3n) is 3.02. The third-order valence-corrected chi connectivity index (χ3v) is 3.87. The Hall–Kier alpha value is -2.25. The number of rotatable bonds is 1. The van der Waals surface area contributed by atoms with Crippen molar-refractivity contribution < 1.29 is 18.1 Å². The highest BCUT2D eigenvalue weighted by atomic mass is 32.2. The zero-order valence-electron chi connectivity index (χ0n) is 10.4. The van der Waals surface area contributed by atoms with Crippen LogP contribution in [-0.4, -0.2) is 28.0 Å². The first-order chi connectivity index (χ1) is 9.34. The summed E-state index contributed by atoms with van der Waals surface area (Å²) in [6.45, 7) is 1.73. The molecule has 1 aromatic heterocycles. The number of fused-ring (bicyclic) bond motifs is 2. The summed E-state index contributed by atoms with van der Waals surface area (Å²) in [7, 11) is -4.27. The fourth-order valence-corrected chi connectivity index (χ4v) is 2.46. The number of nitrogens with zero attached hydrogens (tertiary/aromatic N) is 2. The van der Waals surface area contributed by atoms with E-state index in [1.165, 1.54) is 24.3 Å². The highest BCUT2D eigenvalue weighted by Gasteiger charge is 2.12. The first-order valence-electron chi connectivity index (χ1n) is 5.73. The van der Waals surface area contributed by atoms with Crippen LogP contribution in [0.1, 0.15) is 5.56 Å². The average molecular weight is 290 g/mol. The summed E-state index contributed by atoms with van der Waals surface area (Å²) in [5.74, 6) is 0.126. The predicted molar refractivity (Wildman–Crippen MR) is 73.3 cm³/mol. The van der Waals surface area contributed by atoms with E-state index >= 15 is 0 Å². The molecule has 0 spiro atoms. The molecule has 2 N–H and O–H groups in total. The van der Waals surface area contributed by atoms with Gasteiger partial charge in [-0.2, -0.15) is 8.42 Å². The minimum atomic E-state index is -4.27. The monoisotopic (exact) mass is 290 g/mol. The highest BCUT2D eigenvalue weighted by Crippen LogP contribution is 2.24. The van der Waals surface area contributed by atoms with Gasteiger partial charge >= 0.3 is 0 Å². The molecular weight excluding hydrogens is 280 g/mol. The first-order valence-corrected chi connectivity index (χ1v) is 7.17. The maximum atomic E-state index is 11.1. The molecule has 0 atom stereocenters. The van der Waals surface area contributed by atoms with E-state index in [4.69, 9.17) is 4.55 Å². The molecule has 0 fully saturated rings. The molecule has 0 unspecified atom stereocenters. The lowest BCUT2D eigenvalue weighted by molar-refractivity contribution is 0.472. The minimum Gasteiger partial charge on any atom is -0.508 e. The Morgan fingerprint density at radius 3 is 2.25 bits per heavy atom. The number of phenolic OH excluding ortho intramolecular Hbond substituents is 1. The molecule has 0 bridgehead atoms. The highest BCUT2D eigenvalue weighted by molar-refractivity contribution is 7.85. The van der Waals surface area contributed by atoms with Gasteiger partial charge in [0, 0.05) is 6.07 Å². The van der Waals surface area contributed by atoms with Gasteiger partial charge in [-0.3, -0.25) is 4.55 Å². The summed E-state index contributed by atoms with van der Waals surface area (Å²) < 4.78 is 31.3. The molecule has 0 amide bonds. The van der Waals surface area contributed by atoms with Gasteiger partial charge in [0.25, 0.3) is 10.1 Å². The van der Waals surface area contributed by atoms with Crippen LogP contribution in [0.25, 0.3) is 22.1 Å². The van der Waals surface area contributed by atoms with Gasteiger partial charge in [-0.15, -0.1) is 0 Å². The summed E-state index contributed by atoms with van der Waals surface area (Å²) in [5, 5.41) is 9.66. The molecule has 0 aliphatic carbocycles. The quantitative estimate of drug-likeness (QED) is 0.525. The molecule has 1 heterocycles. The molecule has 102 valence electrons. The van der Waals surface area contributed by atoms with Crippen LogP contribution >= 0.6 is 0 Å². The molecule has 0 radical (unpaired) electrons. The fourth-order valence-electron chi connectivity index (χ4n) is 1.96. The maximum Gasteiger partial charge on any atom is 0.294 e. The summed E-state index contributed by atoms with van der Waals surface area (Å²) in [5.41, 5.74) is 2.54. The Kier molecular flexibility index (Phi) is 2.63. The Bertz CT molecular complexity index is 951. The van der Waals surface area contributed by atoms with Crippen molar-refractivity contribution in [1.82, 2.24) is 9.97 Å². The van der Waals surface area contributed by atoms with Crippen LogP contribution in [0.3, 0.4) is 0 Å². The van der Waals surface area contributed by atoms with Gasteiger partial charge in [-0.05, 0) is 36.8 Å². The average Bonchev–Trinajstić information content (AvgIpc) is 2.36. The Morgan fingerprint density at radius 1 is 0.950 bits per heavy atom. The lowest BCUT2D eigenvalue weighted by Crippen LogP contribution is -1.98. The van der Waals surface area contributed by atoms with Crippen molar-refractivity contribution in [2.75, 3.05) is 0 Å². The summed E-state index contributed by atoms with van der Waals surface area (Å²) in [6.07, 6.45) is 0. The molecule has 0 aliphatic heterocycles. The Balaban J connectivity index is 2.36. The van der Waals surface area contributed by atoms with Crippen molar-refractivity contribution in [2.24, 2.45) is 0 Å². The van der Waals surface area contributed by atoms with Crippen molar-refractivity contribution >= 4 is 32.2 Å². The van der Waals surface area contributed by atoms with E-state index in [-0.39, 0.29) is 10.6 Å². The first kappa shape index (κ1) is 12.8. The van der Waals surface area contributed by atoms with Crippen LogP contribution in [0.4, 0.5) is 0 Å². The van der Waals surface area contributed by atoms with Gasteiger partial charge in [0.1, 0.15) is 5.75 Å². The zero-order chi connectivity index (χ0) is 14.5. The molecule has 2 aromatic carbocycles. The zero-order valence-corrected chi connectivity index (χ0v) is 11.2. The van der Waals surface area contributed by atoms with Crippen molar-refractivity contribution in [1.29, 1.82) is 0 Å². The smallest absolute Gasteiger partial charge is 0.294 e. The van der Waals surface area contributed by atoms with Crippen LogP contribution in [0.15, 0.2) is 35.2 Å². The SMILES string of the molecule is Cc1cc2nc3cc(S(=O)(=O)O)ccc3nc2cc1O. The van der Waals surface area contributed by atoms with Crippen LogP contribution in [-0.2, 0) is 10.1 Å². The Labute approximate surface area is 114 Å². The third kappa shape index (κ3) is 2.06. The van der Waals surface area contributed by atoms with E-state index in [9.17, 15) is 13.5 Å². The summed E-state index contributed by atoms with van der Waals surface area (Å²) in [4.78, 5) is 8.38. The number of hydrogen-bond acceptors (Lipinski definition) is 5. The minimum absolute atomic E-state index is 0.126. The number of phenols is 1. The van der Waals surface area contributed by atoms with Crippen LogP contribution < -0.4 is 0 Å². The number of aryl methyl sites for hydroxylation is 1. The second-order valence-corrected chi connectivity index (χ2v) is 5.90. The number of aromatic hydroxyl groups is 1. The lowest BCUT2D eigenvalue weighted by Gasteiger charge is -2.05. The lowest BCUT2D eigenvalue weighted by atomic mass is 10.2. The van der Waals surface area contributed by atoms with Gasteiger partial charge in [-0.25, -0.2) is 9.97 Å². The van der Waals surface area contributed by atoms with Crippen molar-refractivity contribution in [3.63, 3.8) is 0 Å².